The number of aliphatic imine (C=N–C) groups is 1. The molecule has 0 aliphatic carbocycles. The molecule has 1 unspecified atom stereocenters. The zero-order valence-electron chi connectivity index (χ0n) is 11.7. The third-order valence-corrected chi connectivity index (χ3v) is 3.96. The number of alkyl halides is 3. The van der Waals surface area contributed by atoms with Crippen molar-refractivity contribution in [2.45, 2.75) is 31.9 Å². The molecule has 2 N–H and O–H groups in total. The first kappa shape index (κ1) is 15.4. The number of hydrogen-bond acceptors (Lipinski definition) is 2. The maximum atomic E-state index is 12.3. The van der Waals surface area contributed by atoms with Gasteiger partial charge in [0.2, 0.25) is 0 Å². The summed E-state index contributed by atoms with van der Waals surface area (Å²) in [6.07, 6.45) is 0.175. The van der Waals surface area contributed by atoms with Crippen LogP contribution in [-0.4, -0.2) is 61.2 Å². The Labute approximate surface area is 117 Å². The van der Waals surface area contributed by atoms with Gasteiger partial charge in [-0.15, -0.1) is 0 Å². The van der Waals surface area contributed by atoms with Crippen LogP contribution in [-0.2, 0) is 0 Å². The smallest absolute Gasteiger partial charge is 0.370 e. The maximum Gasteiger partial charge on any atom is 0.401 e. The Balaban J connectivity index is 1.74. The quantitative estimate of drug-likeness (QED) is 0.636. The van der Waals surface area contributed by atoms with Crippen LogP contribution in [0.4, 0.5) is 13.2 Å². The van der Waals surface area contributed by atoms with Crippen molar-refractivity contribution in [2.24, 2.45) is 16.6 Å². The summed E-state index contributed by atoms with van der Waals surface area (Å²) in [6, 6.07) is 0. The zero-order chi connectivity index (χ0) is 14.6. The van der Waals surface area contributed by atoms with E-state index in [0.29, 0.717) is 25.6 Å². The lowest BCUT2D eigenvalue weighted by Gasteiger charge is -2.27. The highest BCUT2D eigenvalue weighted by Gasteiger charge is 2.34. The molecular weight excluding hydrogens is 269 g/mol. The molecule has 1 atom stereocenters. The second-order valence-corrected chi connectivity index (χ2v) is 5.75. The first-order chi connectivity index (χ1) is 9.44. The lowest BCUT2D eigenvalue weighted by molar-refractivity contribution is -0.143. The summed E-state index contributed by atoms with van der Waals surface area (Å²) in [7, 11) is 0. The third-order valence-electron chi connectivity index (χ3n) is 3.96. The van der Waals surface area contributed by atoms with Gasteiger partial charge in [-0.1, -0.05) is 0 Å². The first-order valence-electron chi connectivity index (χ1n) is 7.28. The molecule has 0 aromatic carbocycles. The number of likely N-dealkylation sites (tertiary alicyclic amines) is 2. The average molecular weight is 292 g/mol. The van der Waals surface area contributed by atoms with Crippen molar-refractivity contribution in [1.29, 1.82) is 0 Å². The van der Waals surface area contributed by atoms with Crippen molar-refractivity contribution < 1.29 is 13.2 Å². The fourth-order valence-electron chi connectivity index (χ4n) is 2.90. The van der Waals surface area contributed by atoms with Crippen molar-refractivity contribution in [3.8, 4) is 0 Å². The normalized spacial score (nSPS) is 26.2. The largest absolute Gasteiger partial charge is 0.401 e. The number of nitrogens with zero attached hydrogens (tertiary/aromatic N) is 3. The molecule has 0 bridgehead atoms. The zero-order valence-corrected chi connectivity index (χ0v) is 11.7. The highest BCUT2D eigenvalue weighted by molar-refractivity contribution is 5.78. The molecular formula is C13H23F3N4. The minimum atomic E-state index is -4.11. The van der Waals surface area contributed by atoms with Gasteiger partial charge < -0.3 is 10.6 Å². The van der Waals surface area contributed by atoms with Crippen LogP contribution in [0.3, 0.4) is 0 Å². The second-order valence-electron chi connectivity index (χ2n) is 5.75. The minimum absolute atomic E-state index is 0.195. The maximum absolute atomic E-state index is 12.3. The Kier molecular flexibility index (Phi) is 5.12. The van der Waals surface area contributed by atoms with Crippen LogP contribution in [0.25, 0.3) is 0 Å². The number of nitrogens with two attached hydrogens (primary N) is 1. The number of hydrogen-bond donors (Lipinski definition) is 1. The molecule has 0 saturated carbocycles. The lowest BCUT2D eigenvalue weighted by atomic mass is 10.1. The van der Waals surface area contributed by atoms with E-state index in [9.17, 15) is 13.2 Å². The van der Waals surface area contributed by atoms with Crippen LogP contribution in [0.15, 0.2) is 4.99 Å². The summed E-state index contributed by atoms with van der Waals surface area (Å²) in [4.78, 5) is 7.90. The van der Waals surface area contributed by atoms with Crippen molar-refractivity contribution in [1.82, 2.24) is 9.80 Å². The van der Waals surface area contributed by atoms with E-state index in [1.807, 2.05) is 0 Å². The molecule has 2 rings (SSSR count). The molecule has 0 aromatic rings. The highest BCUT2D eigenvalue weighted by atomic mass is 19.4. The average Bonchev–Trinajstić information content (AvgIpc) is 2.82. The van der Waals surface area contributed by atoms with Gasteiger partial charge in [-0.3, -0.25) is 9.89 Å². The Hall–Kier alpha value is -0.980. The minimum Gasteiger partial charge on any atom is -0.370 e. The SMILES string of the molecule is NC(=NCC1CCN(CC(F)(F)F)C1)N1CCCCC1. The fourth-order valence-corrected chi connectivity index (χ4v) is 2.90. The van der Waals surface area contributed by atoms with E-state index in [4.69, 9.17) is 5.73 Å². The van der Waals surface area contributed by atoms with E-state index in [2.05, 4.69) is 9.89 Å². The number of rotatable bonds is 3. The van der Waals surface area contributed by atoms with Crippen molar-refractivity contribution in [3.05, 3.63) is 0 Å². The van der Waals surface area contributed by atoms with Gasteiger partial charge in [0.15, 0.2) is 5.96 Å². The molecule has 0 aromatic heterocycles. The lowest BCUT2D eigenvalue weighted by Crippen LogP contribution is -2.41. The van der Waals surface area contributed by atoms with Gasteiger partial charge in [-0.25, -0.2) is 0 Å². The van der Waals surface area contributed by atoms with Crippen LogP contribution in [0.1, 0.15) is 25.7 Å². The van der Waals surface area contributed by atoms with Gasteiger partial charge in [0, 0.05) is 26.2 Å². The van der Waals surface area contributed by atoms with E-state index in [0.717, 1.165) is 32.4 Å². The van der Waals surface area contributed by atoms with E-state index < -0.39 is 12.7 Å². The van der Waals surface area contributed by atoms with Crippen LogP contribution in [0.5, 0.6) is 0 Å². The molecule has 20 heavy (non-hydrogen) atoms. The first-order valence-corrected chi connectivity index (χ1v) is 7.28. The van der Waals surface area contributed by atoms with Crippen LogP contribution in [0, 0.1) is 5.92 Å². The molecule has 7 heteroatoms. The molecule has 2 saturated heterocycles. The summed E-state index contributed by atoms with van der Waals surface area (Å²) >= 11 is 0. The monoisotopic (exact) mass is 292 g/mol. The van der Waals surface area contributed by atoms with E-state index in [1.165, 1.54) is 11.3 Å². The summed E-state index contributed by atoms with van der Waals surface area (Å²) in [6.45, 7) is 2.59. The van der Waals surface area contributed by atoms with Gasteiger partial charge in [0.1, 0.15) is 0 Å². The van der Waals surface area contributed by atoms with E-state index in [1.54, 1.807) is 0 Å². The van der Waals surface area contributed by atoms with Gasteiger partial charge in [-0.2, -0.15) is 13.2 Å². The van der Waals surface area contributed by atoms with Crippen molar-refractivity contribution >= 4 is 5.96 Å². The number of guanidine groups is 1. The molecule has 2 aliphatic heterocycles. The molecule has 4 nitrogen and oxygen atoms in total. The molecule has 0 spiro atoms. The Bertz CT molecular complexity index is 337. The molecule has 2 heterocycles. The van der Waals surface area contributed by atoms with E-state index in [-0.39, 0.29) is 5.92 Å². The van der Waals surface area contributed by atoms with Gasteiger partial charge in [-0.05, 0) is 38.1 Å². The van der Waals surface area contributed by atoms with Crippen molar-refractivity contribution in [2.75, 3.05) is 39.3 Å². The van der Waals surface area contributed by atoms with Gasteiger partial charge in [0.25, 0.3) is 0 Å². The fraction of sp³-hybridized carbons (Fsp3) is 0.923. The van der Waals surface area contributed by atoms with Gasteiger partial charge >= 0.3 is 6.18 Å². The molecule has 0 amide bonds. The number of halogens is 3. The van der Waals surface area contributed by atoms with E-state index >= 15 is 0 Å². The predicted octanol–water partition coefficient (Wildman–Crippen LogP) is 1.67. The van der Waals surface area contributed by atoms with Crippen molar-refractivity contribution in [3.63, 3.8) is 0 Å². The topological polar surface area (TPSA) is 44.9 Å². The summed E-state index contributed by atoms with van der Waals surface area (Å²) in [5.74, 6) is 0.750. The van der Waals surface area contributed by atoms with Crippen LogP contribution in [0.2, 0.25) is 0 Å². The predicted molar refractivity (Wildman–Crippen MR) is 72.5 cm³/mol. The van der Waals surface area contributed by atoms with Crippen LogP contribution >= 0.6 is 0 Å². The Morgan fingerprint density at radius 3 is 2.50 bits per heavy atom. The summed E-state index contributed by atoms with van der Waals surface area (Å²) in [5, 5.41) is 0. The molecule has 116 valence electrons. The Morgan fingerprint density at radius 1 is 1.15 bits per heavy atom. The van der Waals surface area contributed by atoms with Gasteiger partial charge in [0.05, 0.1) is 6.54 Å². The summed E-state index contributed by atoms with van der Waals surface area (Å²) in [5.41, 5.74) is 5.95. The second kappa shape index (κ2) is 6.65. The molecule has 2 aliphatic rings. The molecule has 2 fully saturated rings. The summed E-state index contributed by atoms with van der Waals surface area (Å²) < 4.78 is 36.9. The molecule has 0 radical (unpaired) electrons. The highest BCUT2D eigenvalue weighted by Crippen LogP contribution is 2.22. The van der Waals surface area contributed by atoms with Crippen LogP contribution < -0.4 is 5.73 Å². The number of piperidine rings is 1. The third kappa shape index (κ3) is 4.85. The standard InChI is InChI=1S/C13H23F3N4/c14-13(15,16)10-19-7-4-11(9-19)8-18-12(17)20-5-2-1-3-6-20/h11H,1-10H2,(H2,17,18). The Morgan fingerprint density at radius 2 is 1.85 bits per heavy atom.